The molecule has 0 bridgehead atoms. The number of aromatic nitrogens is 4. The van der Waals surface area contributed by atoms with Crippen LogP contribution in [0.2, 0.25) is 0 Å². The van der Waals surface area contributed by atoms with E-state index in [1.165, 1.54) is 49.7 Å². The van der Waals surface area contributed by atoms with E-state index in [1.54, 1.807) is 0 Å². The van der Waals surface area contributed by atoms with E-state index < -0.39 is 0 Å². The van der Waals surface area contributed by atoms with E-state index >= 15 is 0 Å². The number of hydrogen-bond donors (Lipinski definition) is 0. The Morgan fingerprint density at radius 1 is 0.492 bits per heavy atom. The maximum atomic E-state index is 6.40. The standard InChI is InChI=1S/C54H36N4O/c1-2-13-36(14-3-1)57-48-22-9-10-23-49(48)58-50-32-30-38(40-15-4-5-18-43(40)52(50)55-54(57)58)35-27-31-47-45(33-35)41-16-6-8-21-46(41)56(47)37-28-25-34(26-29-37)39-19-12-20-44-42-17-7-11-24-51(42)59-53(39)44/h1-29,31,33,38H,30,32H2. The van der Waals surface area contributed by atoms with Crippen molar-refractivity contribution in [2.24, 2.45) is 0 Å². The van der Waals surface area contributed by atoms with Crippen molar-refractivity contribution < 1.29 is 4.42 Å². The smallest absolute Gasteiger partial charge is 0.220 e. The number of rotatable bonds is 4. The summed E-state index contributed by atoms with van der Waals surface area (Å²) in [6, 6.07) is 67.9. The number of nitrogens with zero attached hydrogens (tertiary/aromatic N) is 4. The van der Waals surface area contributed by atoms with Gasteiger partial charge in [-0.3, -0.25) is 8.97 Å². The van der Waals surface area contributed by atoms with Crippen LogP contribution in [0.4, 0.5) is 0 Å². The van der Waals surface area contributed by atoms with Gasteiger partial charge in [-0.15, -0.1) is 0 Å². The molecule has 13 rings (SSSR count). The zero-order valence-corrected chi connectivity index (χ0v) is 32.1. The van der Waals surface area contributed by atoms with Gasteiger partial charge < -0.3 is 8.98 Å². The number of para-hydroxylation sites is 6. The van der Waals surface area contributed by atoms with Crippen LogP contribution in [0.5, 0.6) is 0 Å². The molecule has 4 aromatic heterocycles. The average molecular weight is 757 g/mol. The lowest BCUT2D eigenvalue weighted by Gasteiger charge is -2.19. The quantitative estimate of drug-likeness (QED) is 0.179. The van der Waals surface area contributed by atoms with Gasteiger partial charge in [-0.2, -0.15) is 0 Å². The summed E-state index contributed by atoms with van der Waals surface area (Å²) in [5, 5.41) is 4.81. The highest BCUT2D eigenvalue weighted by Gasteiger charge is 2.30. The maximum absolute atomic E-state index is 6.40. The van der Waals surface area contributed by atoms with Gasteiger partial charge >= 0.3 is 0 Å². The van der Waals surface area contributed by atoms with E-state index in [2.05, 4.69) is 189 Å². The van der Waals surface area contributed by atoms with Gasteiger partial charge in [0.25, 0.3) is 0 Å². The molecule has 1 aliphatic carbocycles. The summed E-state index contributed by atoms with van der Waals surface area (Å²) in [6.07, 6.45) is 1.89. The Balaban J connectivity index is 0.923. The van der Waals surface area contributed by atoms with Crippen LogP contribution in [0.25, 0.3) is 94.3 Å². The van der Waals surface area contributed by atoms with Gasteiger partial charge in [0, 0.05) is 50.0 Å². The van der Waals surface area contributed by atoms with E-state index in [0.29, 0.717) is 0 Å². The molecular formula is C54H36N4O. The predicted octanol–water partition coefficient (Wildman–Crippen LogP) is 13.7. The van der Waals surface area contributed by atoms with Crippen molar-refractivity contribution in [3.8, 4) is 33.8 Å². The first-order valence-corrected chi connectivity index (χ1v) is 20.5. The van der Waals surface area contributed by atoms with Gasteiger partial charge in [-0.1, -0.05) is 127 Å². The molecule has 1 unspecified atom stereocenters. The highest BCUT2D eigenvalue weighted by Crippen LogP contribution is 2.45. The molecule has 1 aliphatic rings. The molecule has 0 N–H and O–H groups in total. The van der Waals surface area contributed by atoms with Crippen LogP contribution in [0.1, 0.15) is 29.2 Å². The molecule has 5 heteroatoms. The van der Waals surface area contributed by atoms with Gasteiger partial charge in [-0.05, 0) is 90.2 Å². The fourth-order valence-electron chi connectivity index (χ4n) is 10.1. The van der Waals surface area contributed by atoms with Crippen LogP contribution in [0, 0.1) is 0 Å². The first-order valence-electron chi connectivity index (χ1n) is 20.5. The normalized spacial score (nSPS) is 14.1. The van der Waals surface area contributed by atoms with Crippen LogP contribution in [-0.4, -0.2) is 18.5 Å². The molecule has 4 heterocycles. The molecule has 0 spiro atoms. The number of furan rings is 1. The van der Waals surface area contributed by atoms with Crippen molar-refractivity contribution in [1.82, 2.24) is 18.5 Å². The molecule has 0 saturated carbocycles. The lowest BCUT2D eigenvalue weighted by molar-refractivity contribution is 0.670. The SMILES string of the molecule is c1ccc(-n2c3ccccc3n3c4c(nc23)-c2ccccc2C(c2ccc3c(c2)c2ccccc2n3-c2ccc(-c3cccc5c3oc3ccccc35)cc2)CC4)cc1. The topological polar surface area (TPSA) is 40.3 Å². The van der Waals surface area contributed by atoms with E-state index in [4.69, 9.17) is 9.40 Å². The lowest BCUT2D eigenvalue weighted by atomic mass is 9.85. The van der Waals surface area contributed by atoms with E-state index in [-0.39, 0.29) is 5.92 Å². The fourth-order valence-corrected chi connectivity index (χ4v) is 10.1. The van der Waals surface area contributed by atoms with E-state index in [1.807, 2.05) is 12.1 Å². The van der Waals surface area contributed by atoms with Gasteiger partial charge in [0.1, 0.15) is 11.2 Å². The second-order valence-corrected chi connectivity index (χ2v) is 15.8. The predicted molar refractivity (Wildman–Crippen MR) is 241 cm³/mol. The van der Waals surface area contributed by atoms with Crippen molar-refractivity contribution in [2.45, 2.75) is 18.8 Å². The first-order chi connectivity index (χ1) is 29.3. The van der Waals surface area contributed by atoms with Crippen molar-refractivity contribution >= 4 is 60.6 Å². The largest absolute Gasteiger partial charge is 0.455 e. The second kappa shape index (κ2) is 12.4. The highest BCUT2D eigenvalue weighted by atomic mass is 16.3. The third-order valence-electron chi connectivity index (χ3n) is 12.7. The molecule has 0 amide bonds. The summed E-state index contributed by atoms with van der Waals surface area (Å²) >= 11 is 0. The van der Waals surface area contributed by atoms with Crippen molar-refractivity contribution in [1.29, 1.82) is 0 Å². The fraction of sp³-hybridized carbons (Fsp3) is 0.0556. The van der Waals surface area contributed by atoms with Gasteiger partial charge in [0.2, 0.25) is 5.78 Å². The Morgan fingerprint density at radius 2 is 1.17 bits per heavy atom. The van der Waals surface area contributed by atoms with E-state index in [0.717, 1.165) is 74.3 Å². The molecule has 0 saturated heterocycles. The molecule has 278 valence electrons. The van der Waals surface area contributed by atoms with Crippen molar-refractivity contribution in [3.63, 3.8) is 0 Å². The van der Waals surface area contributed by atoms with E-state index in [9.17, 15) is 0 Å². The summed E-state index contributed by atoms with van der Waals surface area (Å²) in [7, 11) is 0. The molecule has 59 heavy (non-hydrogen) atoms. The average Bonchev–Trinajstić information content (AvgIpc) is 4.02. The molecule has 0 radical (unpaired) electrons. The van der Waals surface area contributed by atoms with Crippen molar-refractivity contribution in [3.05, 3.63) is 205 Å². The summed E-state index contributed by atoms with van der Waals surface area (Å²) < 4.78 is 13.5. The van der Waals surface area contributed by atoms with Crippen LogP contribution < -0.4 is 0 Å². The molecule has 0 aliphatic heterocycles. The molecule has 8 aromatic carbocycles. The Labute approximate surface area is 339 Å². The minimum atomic E-state index is 0.213. The van der Waals surface area contributed by atoms with Gasteiger partial charge in [0.15, 0.2) is 0 Å². The van der Waals surface area contributed by atoms with Crippen LogP contribution in [0.15, 0.2) is 192 Å². The Kier molecular flexibility index (Phi) is 6.84. The highest BCUT2D eigenvalue weighted by molar-refractivity contribution is 6.11. The summed E-state index contributed by atoms with van der Waals surface area (Å²) in [5.74, 6) is 1.18. The zero-order valence-electron chi connectivity index (χ0n) is 32.1. The van der Waals surface area contributed by atoms with Gasteiger partial charge in [0.05, 0.1) is 33.5 Å². The number of imidazole rings is 2. The summed E-state index contributed by atoms with van der Waals surface area (Å²) in [5.41, 5.74) is 17.3. The Bertz CT molecular complexity index is 3620. The molecular weight excluding hydrogens is 721 g/mol. The first kappa shape index (κ1) is 32.5. The number of hydrogen-bond acceptors (Lipinski definition) is 2. The molecule has 5 nitrogen and oxygen atoms in total. The monoisotopic (exact) mass is 756 g/mol. The Morgan fingerprint density at radius 3 is 2.05 bits per heavy atom. The number of benzene rings is 8. The number of fused-ring (bicyclic) bond motifs is 13. The van der Waals surface area contributed by atoms with Gasteiger partial charge in [-0.25, -0.2) is 4.98 Å². The molecule has 1 atom stereocenters. The van der Waals surface area contributed by atoms with Crippen LogP contribution in [-0.2, 0) is 6.42 Å². The molecule has 0 fully saturated rings. The maximum Gasteiger partial charge on any atom is 0.220 e. The second-order valence-electron chi connectivity index (χ2n) is 15.8. The number of aryl methyl sites for hydroxylation is 1. The van der Waals surface area contributed by atoms with Crippen molar-refractivity contribution in [2.75, 3.05) is 0 Å². The van der Waals surface area contributed by atoms with Crippen LogP contribution >= 0.6 is 0 Å². The summed E-state index contributed by atoms with van der Waals surface area (Å²) in [4.78, 5) is 5.49. The zero-order chi connectivity index (χ0) is 38.6. The third-order valence-corrected chi connectivity index (χ3v) is 12.7. The molecule has 12 aromatic rings. The van der Waals surface area contributed by atoms with Crippen LogP contribution in [0.3, 0.4) is 0 Å². The Hall–Kier alpha value is -7.63. The third kappa shape index (κ3) is 4.70. The minimum absolute atomic E-state index is 0.213. The minimum Gasteiger partial charge on any atom is -0.455 e. The lowest BCUT2D eigenvalue weighted by Crippen LogP contribution is -2.03. The summed E-state index contributed by atoms with van der Waals surface area (Å²) in [6.45, 7) is 0.